The van der Waals surface area contributed by atoms with Crippen molar-refractivity contribution in [2.24, 2.45) is 0 Å². The van der Waals surface area contributed by atoms with Crippen molar-refractivity contribution >= 4 is 5.91 Å². The summed E-state index contributed by atoms with van der Waals surface area (Å²) in [6, 6.07) is 4.92. The second kappa shape index (κ2) is 8.23. The molecular weight excluding hydrogens is 262 g/mol. The van der Waals surface area contributed by atoms with E-state index in [9.17, 15) is 4.79 Å². The van der Waals surface area contributed by atoms with Gasteiger partial charge in [0, 0.05) is 30.5 Å². The number of hydrogen-bond donors (Lipinski definition) is 2. The molecule has 1 aliphatic rings. The first kappa shape index (κ1) is 16.1. The second-order valence-electron chi connectivity index (χ2n) is 6.42. The van der Waals surface area contributed by atoms with Gasteiger partial charge in [0.15, 0.2) is 0 Å². The molecule has 0 saturated heterocycles. The minimum atomic E-state index is 0.142. The van der Waals surface area contributed by atoms with Crippen molar-refractivity contribution in [1.29, 1.82) is 0 Å². The molecule has 1 amide bonds. The smallest absolute Gasteiger partial charge is 0.240 e. The van der Waals surface area contributed by atoms with E-state index in [2.05, 4.69) is 30.5 Å². The lowest BCUT2D eigenvalue weighted by molar-refractivity contribution is -0.122. The molecule has 1 aromatic heterocycles. The molecule has 1 fully saturated rings. The molecule has 0 aromatic carbocycles. The maximum atomic E-state index is 12.2. The number of carbonyl (C=O) groups is 1. The zero-order valence-corrected chi connectivity index (χ0v) is 13.4. The Hall–Kier alpha value is -1.29. The van der Waals surface area contributed by atoms with E-state index in [4.69, 9.17) is 0 Å². The monoisotopic (exact) mass is 291 g/mol. The molecule has 0 unspecified atom stereocenters. The molecule has 1 heterocycles. The van der Waals surface area contributed by atoms with Gasteiger partial charge in [-0.2, -0.15) is 0 Å². The number of aromatic nitrogens is 1. The van der Waals surface area contributed by atoms with Crippen LogP contribution in [0.4, 0.5) is 0 Å². The van der Waals surface area contributed by atoms with Gasteiger partial charge in [0.05, 0.1) is 0 Å². The Labute approximate surface area is 128 Å². The maximum Gasteiger partial charge on any atom is 0.240 e. The van der Waals surface area contributed by atoms with E-state index in [1.54, 1.807) is 0 Å². The van der Waals surface area contributed by atoms with Crippen LogP contribution in [0.25, 0.3) is 0 Å². The Kier molecular flexibility index (Phi) is 6.30. The highest BCUT2D eigenvalue weighted by molar-refractivity contribution is 5.76. The number of carbonyl (C=O) groups excluding carboxylic acids is 1. The summed E-state index contributed by atoms with van der Waals surface area (Å²) in [5, 5.41) is 6.61. The molecule has 1 saturated carbocycles. The summed E-state index contributed by atoms with van der Waals surface area (Å²) in [6.45, 7) is 5.50. The predicted molar refractivity (Wildman–Crippen MR) is 86.0 cm³/mol. The Balaban J connectivity index is 1.83. The molecule has 21 heavy (non-hydrogen) atoms. The SMILES string of the molecule is CC(C)NCc1cccn1CC(=O)NC1CCCCCC1. The molecule has 0 atom stereocenters. The molecule has 0 aliphatic heterocycles. The van der Waals surface area contributed by atoms with Crippen molar-refractivity contribution in [3.8, 4) is 0 Å². The Morgan fingerprint density at radius 3 is 2.67 bits per heavy atom. The molecule has 1 aromatic rings. The van der Waals surface area contributed by atoms with E-state index in [0.29, 0.717) is 18.6 Å². The lowest BCUT2D eigenvalue weighted by atomic mass is 10.1. The average molecular weight is 291 g/mol. The minimum absolute atomic E-state index is 0.142. The fourth-order valence-corrected chi connectivity index (χ4v) is 2.92. The van der Waals surface area contributed by atoms with E-state index in [0.717, 1.165) is 19.4 Å². The minimum Gasteiger partial charge on any atom is -0.352 e. The summed E-state index contributed by atoms with van der Waals surface area (Å²) >= 11 is 0. The number of hydrogen-bond acceptors (Lipinski definition) is 2. The van der Waals surface area contributed by atoms with Crippen LogP contribution in [0, 0.1) is 0 Å². The Morgan fingerprint density at radius 2 is 2.00 bits per heavy atom. The first-order valence-corrected chi connectivity index (χ1v) is 8.32. The van der Waals surface area contributed by atoms with Gasteiger partial charge >= 0.3 is 0 Å². The van der Waals surface area contributed by atoms with Crippen molar-refractivity contribution in [3.63, 3.8) is 0 Å². The van der Waals surface area contributed by atoms with Gasteiger partial charge in [-0.15, -0.1) is 0 Å². The van der Waals surface area contributed by atoms with Crippen LogP contribution in [-0.2, 0) is 17.9 Å². The first-order chi connectivity index (χ1) is 10.1. The third-order valence-electron chi connectivity index (χ3n) is 4.15. The summed E-state index contributed by atoms with van der Waals surface area (Å²) in [7, 11) is 0. The lowest BCUT2D eigenvalue weighted by Crippen LogP contribution is -2.37. The normalized spacial score (nSPS) is 16.9. The fraction of sp³-hybridized carbons (Fsp3) is 0.706. The molecule has 0 spiro atoms. The summed E-state index contributed by atoms with van der Waals surface area (Å²) < 4.78 is 2.04. The van der Waals surface area contributed by atoms with E-state index in [1.807, 2.05) is 16.8 Å². The van der Waals surface area contributed by atoms with Gasteiger partial charge in [0.1, 0.15) is 6.54 Å². The summed E-state index contributed by atoms with van der Waals surface area (Å²) in [5.41, 5.74) is 1.17. The summed E-state index contributed by atoms with van der Waals surface area (Å²) in [5.74, 6) is 0.142. The molecule has 0 radical (unpaired) electrons. The van der Waals surface area contributed by atoms with Crippen LogP contribution < -0.4 is 10.6 Å². The van der Waals surface area contributed by atoms with Gasteiger partial charge in [-0.3, -0.25) is 4.79 Å². The largest absolute Gasteiger partial charge is 0.352 e. The third kappa shape index (κ3) is 5.54. The Bertz CT molecular complexity index is 431. The number of nitrogens with zero attached hydrogens (tertiary/aromatic N) is 1. The second-order valence-corrected chi connectivity index (χ2v) is 6.42. The zero-order valence-electron chi connectivity index (χ0n) is 13.4. The van der Waals surface area contributed by atoms with Crippen LogP contribution in [0.3, 0.4) is 0 Å². The van der Waals surface area contributed by atoms with E-state index in [-0.39, 0.29) is 5.91 Å². The quantitative estimate of drug-likeness (QED) is 0.792. The van der Waals surface area contributed by atoms with Crippen LogP contribution >= 0.6 is 0 Å². The molecule has 4 heteroatoms. The third-order valence-corrected chi connectivity index (χ3v) is 4.15. The van der Waals surface area contributed by atoms with Crippen LogP contribution in [0.15, 0.2) is 18.3 Å². The Morgan fingerprint density at radius 1 is 1.29 bits per heavy atom. The van der Waals surface area contributed by atoms with Crippen molar-refractivity contribution in [3.05, 3.63) is 24.0 Å². The van der Waals surface area contributed by atoms with Crippen LogP contribution in [0.1, 0.15) is 58.1 Å². The predicted octanol–water partition coefficient (Wildman–Crippen LogP) is 2.83. The summed E-state index contributed by atoms with van der Waals surface area (Å²) in [4.78, 5) is 12.2. The summed E-state index contributed by atoms with van der Waals surface area (Å²) in [6.07, 6.45) is 9.39. The number of rotatable bonds is 6. The van der Waals surface area contributed by atoms with Gasteiger partial charge in [-0.25, -0.2) is 0 Å². The average Bonchev–Trinajstić information content (AvgIpc) is 2.70. The van der Waals surface area contributed by atoms with E-state index < -0.39 is 0 Å². The van der Waals surface area contributed by atoms with Crippen molar-refractivity contribution in [2.75, 3.05) is 0 Å². The number of amides is 1. The van der Waals surface area contributed by atoms with Crippen molar-refractivity contribution in [1.82, 2.24) is 15.2 Å². The van der Waals surface area contributed by atoms with Crippen molar-refractivity contribution < 1.29 is 4.79 Å². The van der Waals surface area contributed by atoms with Gasteiger partial charge in [0.25, 0.3) is 0 Å². The van der Waals surface area contributed by atoms with Crippen molar-refractivity contribution in [2.45, 2.75) is 77.5 Å². The highest BCUT2D eigenvalue weighted by atomic mass is 16.2. The van der Waals surface area contributed by atoms with Crippen LogP contribution in [-0.4, -0.2) is 22.6 Å². The molecule has 1 aliphatic carbocycles. The molecule has 4 nitrogen and oxygen atoms in total. The lowest BCUT2D eigenvalue weighted by Gasteiger charge is -2.17. The highest BCUT2D eigenvalue weighted by Crippen LogP contribution is 2.17. The highest BCUT2D eigenvalue weighted by Gasteiger charge is 2.15. The van der Waals surface area contributed by atoms with E-state index >= 15 is 0 Å². The fourth-order valence-electron chi connectivity index (χ4n) is 2.92. The van der Waals surface area contributed by atoms with Gasteiger partial charge in [0.2, 0.25) is 5.91 Å². The molecule has 2 rings (SSSR count). The van der Waals surface area contributed by atoms with Crippen LogP contribution in [0.2, 0.25) is 0 Å². The van der Waals surface area contributed by atoms with Gasteiger partial charge < -0.3 is 15.2 Å². The van der Waals surface area contributed by atoms with Gasteiger partial charge in [-0.1, -0.05) is 39.5 Å². The molecule has 2 N–H and O–H groups in total. The zero-order chi connectivity index (χ0) is 15.1. The molecule has 118 valence electrons. The first-order valence-electron chi connectivity index (χ1n) is 8.32. The number of nitrogens with one attached hydrogen (secondary N) is 2. The maximum absolute atomic E-state index is 12.2. The standard InChI is InChI=1S/C17H29N3O/c1-14(2)18-12-16-10-7-11-20(16)13-17(21)19-15-8-5-3-4-6-9-15/h7,10-11,14-15,18H,3-6,8-9,12-13H2,1-2H3,(H,19,21). The van der Waals surface area contributed by atoms with E-state index in [1.165, 1.54) is 31.4 Å². The molecule has 0 bridgehead atoms. The van der Waals surface area contributed by atoms with Crippen LogP contribution in [0.5, 0.6) is 0 Å². The topological polar surface area (TPSA) is 46.1 Å². The van der Waals surface area contributed by atoms with Gasteiger partial charge in [-0.05, 0) is 25.0 Å². The molecular formula is C17H29N3O.